The van der Waals surface area contributed by atoms with E-state index in [1.807, 2.05) is 6.07 Å². The van der Waals surface area contributed by atoms with E-state index in [1.54, 1.807) is 23.0 Å². The van der Waals surface area contributed by atoms with Crippen LogP contribution in [-0.4, -0.2) is 19.6 Å². The van der Waals surface area contributed by atoms with Crippen LogP contribution in [0.5, 0.6) is 0 Å². The Hall–Kier alpha value is -1.39. The largest absolute Gasteiger partial charge is 0.242 e. The van der Waals surface area contributed by atoms with Crippen LogP contribution >= 0.6 is 23.2 Å². The first kappa shape index (κ1) is 8.88. The molecule has 0 aromatic carbocycles. The molecule has 0 atom stereocenters. The van der Waals surface area contributed by atoms with Crippen molar-refractivity contribution < 1.29 is 0 Å². The molecule has 0 saturated carbocycles. The Bertz CT molecular complexity index is 662. The highest BCUT2D eigenvalue weighted by Gasteiger charge is 2.09. The second-order valence-corrected chi connectivity index (χ2v) is 3.76. The summed E-state index contributed by atoms with van der Waals surface area (Å²) >= 11 is 11.7. The Morgan fingerprint density at radius 3 is 2.93 bits per heavy atom. The topological polar surface area (TPSA) is 43.1 Å². The van der Waals surface area contributed by atoms with Crippen LogP contribution < -0.4 is 0 Å². The van der Waals surface area contributed by atoms with E-state index in [4.69, 9.17) is 23.2 Å². The third kappa shape index (κ3) is 1.26. The van der Waals surface area contributed by atoms with Gasteiger partial charge in [0, 0.05) is 12.4 Å². The number of aromatic nitrogens is 4. The van der Waals surface area contributed by atoms with Crippen molar-refractivity contribution in [3.05, 3.63) is 34.8 Å². The van der Waals surface area contributed by atoms with Gasteiger partial charge in [0.05, 0.1) is 5.39 Å². The molecule has 3 aromatic heterocycles. The van der Waals surface area contributed by atoms with Gasteiger partial charge in [-0.05, 0) is 12.1 Å². The lowest BCUT2D eigenvalue weighted by Gasteiger charge is -1.91. The van der Waals surface area contributed by atoms with Gasteiger partial charge in [-0.3, -0.25) is 0 Å². The number of rotatable bonds is 0. The molecule has 0 radical (unpaired) electrons. The Labute approximate surface area is 94.5 Å². The van der Waals surface area contributed by atoms with E-state index in [2.05, 4.69) is 15.1 Å². The van der Waals surface area contributed by atoms with Crippen LogP contribution in [0.15, 0.2) is 24.5 Å². The molecule has 4 nitrogen and oxygen atoms in total. The highest BCUT2D eigenvalue weighted by atomic mass is 35.5. The minimum Gasteiger partial charge on any atom is -0.242 e. The zero-order valence-electron chi connectivity index (χ0n) is 7.35. The van der Waals surface area contributed by atoms with E-state index >= 15 is 0 Å². The highest BCUT2D eigenvalue weighted by Crippen LogP contribution is 2.23. The first-order valence-corrected chi connectivity index (χ1v) is 4.96. The van der Waals surface area contributed by atoms with Gasteiger partial charge < -0.3 is 0 Å². The normalized spacial score (nSPS) is 11.3. The molecule has 0 aliphatic rings. The first-order chi connectivity index (χ1) is 7.25. The minimum absolute atomic E-state index is 0.370. The van der Waals surface area contributed by atoms with Gasteiger partial charge in [0.25, 0.3) is 0 Å². The fourth-order valence-electron chi connectivity index (χ4n) is 1.47. The summed E-state index contributed by atoms with van der Waals surface area (Å²) in [4.78, 5) is 8.14. The summed E-state index contributed by atoms with van der Waals surface area (Å²) in [5, 5.41) is 5.90. The Morgan fingerprint density at radius 2 is 2.07 bits per heavy atom. The summed E-state index contributed by atoms with van der Waals surface area (Å²) in [7, 11) is 0. The molecule has 0 unspecified atom stereocenters. The fraction of sp³-hybridized carbons (Fsp3) is 0. The summed E-state index contributed by atoms with van der Waals surface area (Å²) in [5.74, 6) is 0. The SMILES string of the molecule is Clc1ccn2nc3c(Cl)nccc3c2n1. The van der Waals surface area contributed by atoms with Gasteiger partial charge in [-0.15, -0.1) is 0 Å². The third-order valence-electron chi connectivity index (χ3n) is 2.11. The molecule has 0 aliphatic carbocycles. The van der Waals surface area contributed by atoms with E-state index in [0.29, 0.717) is 21.5 Å². The maximum absolute atomic E-state index is 5.92. The number of pyridine rings is 1. The summed E-state index contributed by atoms with van der Waals surface area (Å²) in [6, 6.07) is 3.48. The molecule has 15 heavy (non-hydrogen) atoms. The number of nitrogens with zero attached hydrogens (tertiary/aromatic N) is 4. The molecule has 0 bridgehead atoms. The average molecular weight is 239 g/mol. The van der Waals surface area contributed by atoms with E-state index in [-0.39, 0.29) is 0 Å². The predicted octanol–water partition coefficient (Wildman–Crippen LogP) is 2.58. The lowest BCUT2D eigenvalue weighted by molar-refractivity contribution is 0.956. The second kappa shape index (κ2) is 3.05. The van der Waals surface area contributed by atoms with Crippen molar-refractivity contribution in [1.82, 2.24) is 19.6 Å². The summed E-state index contributed by atoms with van der Waals surface area (Å²) < 4.78 is 1.63. The van der Waals surface area contributed by atoms with Crippen molar-refractivity contribution in [3.8, 4) is 0 Å². The third-order valence-corrected chi connectivity index (χ3v) is 2.60. The standard InChI is InChI=1S/C9H4Cl2N4/c10-6-2-4-15-9(13-6)5-1-3-12-8(11)7(5)14-15/h1-4H. The quantitative estimate of drug-likeness (QED) is 0.447. The van der Waals surface area contributed by atoms with E-state index < -0.39 is 0 Å². The lowest BCUT2D eigenvalue weighted by atomic mass is 10.3. The van der Waals surface area contributed by atoms with E-state index in [9.17, 15) is 0 Å². The van der Waals surface area contributed by atoms with Crippen molar-refractivity contribution in [2.24, 2.45) is 0 Å². The van der Waals surface area contributed by atoms with Crippen LogP contribution in [0.3, 0.4) is 0 Å². The molecule has 0 aliphatic heterocycles. The van der Waals surface area contributed by atoms with Crippen molar-refractivity contribution in [3.63, 3.8) is 0 Å². The molecule has 6 heteroatoms. The molecule has 3 heterocycles. The zero-order chi connectivity index (χ0) is 10.4. The Morgan fingerprint density at radius 1 is 1.20 bits per heavy atom. The number of halogens is 2. The minimum atomic E-state index is 0.370. The molecule has 0 saturated heterocycles. The van der Waals surface area contributed by atoms with Gasteiger partial charge in [0.15, 0.2) is 10.8 Å². The number of fused-ring (bicyclic) bond motifs is 3. The average Bonchev–Trinajstić information content (AvgIpc) is 2.58. The molecular formula is C9H4Cl2N4. The van der Waals surface area contributed by atoms with Gasteiger partial charge >= 0.3 is 0 Å². The van der Waals surface area contributed by atoms with Gasteiger partial charge in [-0.25, -0.2) is 14.5 Å². The molecule has 0 fully saturated rings. The van der Waals surface area contributed by atoms with Crippen LogP contribution in [0.4, 0.5) is 0 Å². The molecule has 3 aromatic rings. The second-order valence-electron chi connectivity index (χ2n) is 3.02. The maximum Gasteiger partial charge on any atom is 0.164 e. The van der Waals surface area contributed by atoms with Crippen molar-refractivity contribution in [2.45, 2.75) is 0 Å². The highest BCUT2D eigenvalue weighted by molar-refractivity contribution is 6.34. The lowest BCUT2D eigenvalue weighted by Crippen LogP contribution is -1.88. The van der Waals surface area contributed by atoms with Gasteiger partial charge in [-0.1, -0.05) is 23.2 Å². The van der Waals surface area contributed by atoms with Gasteiger partial charge in [0.2, 0.25) is 0 Å². The van der Waals surface area contributed by atoms with E-state index in [1.165, 1.54) is 0 Å². The molecule has 3 rings (SSSR count). The van der Waals surface area contributed by atoms with Crippen molar-refractivity contribution in [1.29, 1.82) is 0 Å². The molecule has 0 amide bonds. The number of hydrogen-bond donors (Lipinski definition) is 0. The maximum atomic E-state index is 5.92. The summed E-state index contributed by atoms with van der Waals surface area (Å²) in [6.07, 6.45) is 3.36. The zero-order valence-corrected chi connectivity index (χ0v) is 8.87. The monoisotopic (exact) mass is 238 g/mol. The van der Waals surface area contributed by atoms with Crippen LogP contribution in [0, 0.1) is 0 Å². The van der Waals surface area contributed by atoms with Crippen LogP contribution in [0.1, 0.15) is 0 Å². The summed E-state index contributed by atoms with van der Waals surface area (Å²) in [5.41, 5.74) is 1.32. The summed E-state index contributed by atoms with van der Waals surface area (Å²) in [6.45, 7) is 0. The van der Waals surface area contributed by atoms with Crippen LogP contribution in [0.25, 0.3) is 16.6 Å². The van der Waals surface area contributed by atoms with Gasteiger partial charge in [0.1, 0.15) is 10.7 Å². The van der Waals surface area contributed by atoms with Crippen LogP contribution in [0.2, 0.25) is 10.3 Å². The smallest absolute Gasteiger partial charge is 0.164 e. The first-order valence-electron chi connectivity index (χ1n) is 4.21. The van der Waals surface area contributed by atoms with E-state index in [0.717, 1.165) is 5.39 Å². The Balaban J connectivity index is 2.58. The van der Waals surface area contributed by atoms with Gasteiger partial charge in [-0.2, -0.15) is 5.10 Å². The predicted molar refractivity (Wildman–Crippen MR) is 58.3 cm³/mol. The van der Waals surface area contributed by atoms with Crippen molar-refractivity contribution >= 4 is 39.8 Å². The molecule has 74 valence electrons. The number of hydrogen-bond acceptors (Lipinski definition) is 3. The molecular weight excluding hydrogens is 235 g/mol. The van der Waals surface area contributed by atoms with Crippen LogP contribution in [-0.2, 0) is 0 Å². The molecule has 0 N–H and O–H groups in total. The Kier molecular flexibility index (Phi) is 1.81. The molecule has 0 spiro atoms. The fourth-order valence-corrected chi connectivity index (χ4v) is 1.80. The van der Waals surface area contributed by atoms with Crippen molar-refractivity contribution in [2.75, 3.05) is 0 Å².